The third-order valence-electron chi connectivity index (χ3n) is 4.30. The lowest BCUT2D eigenvalue weighted by Crippen LogP contribution is -2.11. The lowest BCUT2D eigenvalue weighted by molar-refractivity contribution is 0.417. The van der Waals surface area contributed by atoms with Crippen molar-refractivity contribution in [1.29, 1.82) is 0 Å². The van der Waals surface area contributed by atoms with Crippen LogP contribution >= 0.6 is 0 Å². The summed E-state index contributed by atoms with van der Waals surface area (Å²) >= 11 is 0. The lowest BCUT2D eigenvalue weighted by Gasteiger charge is -2.25. The van der Waals surface area contributed by atoms with Gasteiger partial charge in [0.1, 0.15) is 0 Å². The fourth-order valence-electron chi connectivity index (χ4n) is 3.25. The van der Waals surface area contributed by atoms with Gasteiger partial charge >= 0.3 is 0 Å². The molecule has 0 amide bonds. The molecule has 0 N–H and O–H groups in total. The average Bonchev–Trinajstić information content (AvgIpc) is 2.65. The Hall–Kier alpha value is -0.260. The summed E-state index contributed by atoms with van der Waals surface area (Å²) in [6, 6.07) is 0. The van der Waals surface area contributed by atoms with E-state index in [2.05, 4.69) is 19.9 Å². The van der Waals surface area contributed by atoms with E-state index in [1.54, 1.807) is 0 Å². The minimum Gasteiger partial charge on any atom is -0.0850 e. The molecule has 0 aliphatic heterocycles. The highest BCUT2D eigenvalue weighted by molar-refractivity contribution is 5.12. The summed E-state index contributed by atoms with van der Waals surface area (Å²) < 4.78 is 0. The molecule has 0 radical (unpaired) electrons. The van der Waals surface area contributed by atoms with Gasteiger partial charge in [-0.15, -0.1) is 0 Å². The molecule has 0 saturated heterocycles. The molecule has 3 unspecified atom stereocenters. The number of hydrogen-bond donors (Lipinski definition) is 0. The summed E-state index contributed by atoms with van der Waals surface area (Å²) in [7, 11) is 0. The van der Waals surface area contributed by atoms with Gasteiger partial charge in [0.2, 0.25) is 0 Å². The molecule has 2 aliphatic rings. The molecule has 0 bridgehead atoms. The molecule has 1 saturated carbocycles. The van der Waals surface area contributed by atoms with Crippen molar-refractivity contribution in [3.05, 3.63) is 11.6 Å². The van der Waals surface area contributed by atoms with Crippen LogP contribution in [-0.2, 0) is 0 Å². The molecule has 80 valence electrons. The van der Waals surface area contributed by atoms with Crippen molar-refractivity contribution in [2.24, 2.45) is 17.8 Å². The Labute approximate surface area is 88.8 Å². The highest BCUT2D eigenvalue weighted by atomic mass is 14.3. The number of allylic oxidation sites excluding steroid dienone is 2. The van der Waals surface area contributed by atoms with Crippen LogP contribution in [0, 0.1) is 17.8 Å². The predicted octanol–water partition coefficient (Wildman–Crippen LogP) is 4.56. The molecule has 2 aliphatic carbocycles. The van der Waals surface area contributed by atoms with E-state index in [4.69, 9.17) is 0 Å². The second-order valence-corrected chi connectivity index (χ2v) is 5.45. The summed E-state index contributed by atoms with van der Waals surface area (Å²) in [6.45, 7) is 4.77. The van der Waals surface area contributed by atoms with Gasteiger partial charge in [-0.05, 0) is 49.9 Å². The van der Waals surface area contributed by atoms with Crippen molar-refractivity contribution < 1.29 is 0 Å². The maximum atomic E-state index is 2.56. The summed E-state index contributed by atoms with van der Waals surface area (Å²) in [5.41, 5.74) is 1.83. The van der Waals surface area contributed by atoms with Crippen LogP contribution < -0.4 is 0 Å². The van der Waals surface area contributed by atoms with Gasteiger partial charge in [-0.1, -0.05) is 38.3 Å². The molecule has 1 fully saturated rings. The Morgan fingerprint density at radius 1 is 1.29 bits per heavy atom. The van der Waals surface area contributed by atoms with Gasteiger partial charge in [-0.2, -0.15) is 0 Å². The summed E-state index contributed by atoms with van der Waals surface area (Å²) in [6.07, 6.45) is 12.6. The van der Waals surface area contributed by atoms with E-state index in [1.165, 1.54) is 44.9 Å². The van der Waals surface area contributed by atoms with Crippen LogP contribution in [0.3, 0.4) is 0 Å². The first-order valence-corrected chi connectivity index (χ1v) is 6.48. The Bertz CT molecular complexity index is 214. The predicted molar refractivity (Wildman–Crippen MR) is 62.2 cm³/mol. The summed E-state index contributed by atoms with van der Waals surface area (Å²) in [5, 5.41) is 0. The van der Waals surface area contributed by atoms with Crippen molar-refractivity contribution in [2.75, 3.05) is 0 Å². The molecule has 0 nitrogen and oxygen atoms in total. The van der Waals surface area contributed by atoms with Gasteiger partial charge in [0.15, 0.2) is 0 Å². The molecule has 0 heterocycles. The topological polar surface area (TPSA) is 0 Å². The second kappa shape index (κ2) is 4.51. The van der Waals surface area contributed by atoms with E-state index < -0.39 is 0 Å². The Morgan fingerprint density at radius 3 is 2.79 bits per heavy atom. The zero-order chi connectivity index (χ0) is 9.97. The van der Waals surface area contributed by atoms with Gasteiger partial charge in [0.25, 0.3) is 0 Å². The molecule has 0 spiro atoms. The van der Waals surface area contributed by atoms with Crippen LogP contribution in [0.2, 0.25) is 0 Å². The molecule has 14 heavy (non-hydrogen) atoms. The van der Waals surface area contributed by atoms with Gasteiger partial charge in [0, 0.05) is 0 Å². The van der Waals surface area contributed by atoms with Crippen LogP contribution in [0.5, 0.6) is 0 Å². The Morgan fingerprint density at radius 2 is 2.14 bits per heavy atom. The first-order chi connectivity index (χ1) is 6.79. The SMILES string of the molecule is CCC1CCC=C(C2CCC(C)C2)C1. The van der Waals surface area contributed by atoms with Crippen LogP contribution in [0.25, 0.3) is 0 Å². The normalized spacial score (nSPS) is 38.4. The maximum absolute atomic E-state index is 2.56. The molecular weight excluding hydrogens is 168 g/mol. The molecule has 0 aromatic heterocycles. The van der Waals surface area contributed by atoms with Gasteiger partial charge in [-0.3, -0.25) is 0 Å². The third-order valence-corrected chi connectivity index (χ3v) is 4.30. The number of hydrogen-bond acceptors (Lipinski definition) is 0. The highest BCUT2D eigenvalue weighted by Gasteiger charge is 2.26. The first kappa shape index (κ1) is 10.3. The van der Waals surface area contributed by atoms with Gasteiger partial charge < -0.3 is 0 Å². The lowest BCUT2D eigenvalue weighted by atomic mass is 9.81. The second-order valence-electron chi connectivity index (χ2n) is 5.45. The van der Waals surface area contributed by atoms with Crippen molar-refractivity contribution >= 4 is 0 Å². The van der Waals surface area contributed by atoms with Crippen molar-refractivity contribution in [3.8, 4) is 0 Å². The largest absolute Gasteiger partial charge is 0.0850 e. The molecule has 0 heteroatoms. The standard InChI is InChI=1S/C14H24/c1-3-12-5-4-6-13(10-12)14-8-7-11(2)9-14/h6,11-12,14H,3-5,7-10H2,1-2H3. The van der Waals surface area contributed by atoms with Gasteiger partial charge in [-0.25, -0.2) is 0 Å². The van der Waals surface area contributed by atoms with Crippen molar-refractivity contribution in [3.63, 3.8) is 0 Å². The average molecular weight is 192 g/mol. The van der Waals surface area contributed by atoms with E-state index >= 15 is 0 Å². The third kappa shape index (κ3) is 2.21. The van der Waals surface area contributed by atoms with E-state index in [1.807, 2.05) is 5.57 Å². The fraction of sp³-hybridized carbons (Fsp3) is 0.857. The minimum absolute atomic E-state index is 0.972. The zero-order valence-electron chi connectivity index (χ0n) is 9.76. The van der Waals surface area contributed by atoms with E-state index in [-0.39, 0.29) is 0 Å². The van der Waals surface area contributed by atoms with Crippen molar-refractivity contribution in [1.82, 2.24) is 0 Å². The molecule has 3 atom stereocenters. The fourth-order valence-corrected chi connectivity index (χ4v) is 3.25. The summed E-state index contributed by atoms with van der Waals surface area (Å²) in [4.78, 5) is 0. The van der Waals surface area contributed by atoms with Crippen molar-refractivity contribution in [2.45, 2.75) is 58.8 Å². The maximum Gasteiger partial charge on any atom is -0.0201 e. The van der Waals surface area contributed by atoms with E-state index in [0.717, 1.165) is 17.8 Å². The Balaban J connectivity index is 1.94. The van der Waals surface area contributed by atoms with Crippen LogP contribution in [0.15, 0.2) is 11.6 Å². The Kier molecular flexibility index (Phi) is 3.30. The quantitative estimate of drug-likeness (QED) is 0.563. The first-order valence-electron chi connectivity index (χ1n) is 6.48. The number of rotatable bonds is 2. The minimum atomic E-state index is 0.972. The smallest absolute Gasteiger partial charge is 0.0201 e. The monoisotopic (exact) mass is 192 g/mol. The van der Waals surface area contributed by atoms with Gasteiger partial charge in [0.05, 0.1) is 0 Å². The van der Waals surface area contributed by atoms with Crippen LogP contribution in [0.4, 0.5) is 0 Å². The molecule has 0 aromatic carbocycles. The zero-order valence-corrected chi connectivity index (χ0v) is 9.76. The van der Waals surface area contributed by atoms with Crippen LogP contribution in [-0.4, -0.2) is 0 Å². The molecule has 2 rings (SSSR count). The van der Waals surface area contributed by atoms with E-state index in [9.17, 15) is 0 Å². The van der Waals surface area contributed by atoms with Crippen LogP contribution in [0.1, 0.15) is 58.8 Å². The van der Waals surface area contributed by atoms with E-state index in [0.29, 0.717) is 0 Å². The highest BCUT2D eigenvalue weighted by Crippen LogP contribution is 2.40. The summed E-state index contributed by atoms with van der Waals surface area (Å²) in [5.74, 6) is 2.97. The molecule has 0 aromatic rings. The molecular formula is C14H24.